The molecule has 0 bridgehead atoms. The summed E-state index contributed by atoms with van der Waals surface area (Å²) in [7, 11) is 0. The summed E-state index contributed by atoms with van der Waals surface area (Å²) in [5.41, 5.74) is 0. The number of halogens is 1. The van der Waals surface area contributed by atoms with Gasteiger partial charge >= 0.3 is 0 Å². The van der Waals surface area contributed by atoms with Gasteiger partial charge in [-0.05, 0) is 48.9 Å². The Morgan fingerprint density at radius 3 is 2.42 bits per heavy atom. The minimum Gasteiger partial charge on any atom is -0.494 e. The fraction of sp³-hybridized carbons (Fsp3) is 0.625. The van der Waals surface area contributed by atoms with Crippen LogP contribution in [0.2, 0.25) is 5.02 Å². The van der Waals surface area contributed by atoms with Crippen molar-refractivity contribution >= 4 is 11.6 Å². The number of nitrogens with zero attached hydrogens (tertiary/aromatic N) is 1. The minimum atomic E-state index is 0.753. The quantitative estimate of drug-likeness (QED) is 0.754. The van der Waals surface area contributed by atoms with Gasteiger partial charge < -0.3 is 9.64 Å². The average molecular weight is 282 g/mol. The second kappa shape index (κ2) is 7.16. The molecule has 3 heteroatoms. The Hall–Kier alpha value is -0.730. The predicted molar refractivity (Wildman–Crippen MR) is 80.9 cm³/mol. The molecular formula is C16H24ClNO. The molecule has 19 heavy (non-hydrogen) atoms. The van der Waals surface area contributed by atoms with Crippen LogP contribution >= 0.6 is 11.6 Å². The summed E-state index contributed by atoms with van der Waals surface area (Å²) in [4.78, 5) is 2.57. The highest BCUT2D eigenvalue weighted by molar-refractivity contribution is 6.30. The highest BCUT2D eigenvalue weighted by atomic mass is 35.5. The van der Waals surface area contributed by atoms with Gasteiger partial charge in [0.2, 0.25) is 0 Å². The molecule has 1 aromatic carbocycles. The Morgan fingerprint density at radius 2 is 1.79 bits per heavy atom. The van der Waals surface area contributed by atoms with Gasteiger partial charge in [0.1, 0.15) is 5.75 Å². The van der Waals surface area contributed by atoms with Gasteiger partial charge in [-0.1, -0.05) is 25.4 Å². The lowest BCUT2D eigenvalue weighted by Crippen LogP contribution is -2.39. The second-order valence-electron chi connectivity index (χ2n) is 5.86. The molecule has 106 valence electrons. The number of rotatable bonds is 5. The van der Waals surface area contributed by atoms with Crippen LogP contribution in [0.25, 0.3) is 0 Å². The lowest BCUT2D eigenvalue weighted by Gasteiger charge is -2.34. The fourth-order valence-corrected chi connectivity index (χ4v) is 3.11. The van der Waals surface area contributed by atoms with Crippen LogP contribution in [0.5, 0.6) is 5.75 Å². The lowest BCUT2D eigenvalue weighted by molar-refractivity contribution is 0.132. The van der Waals surface area contributed by atoms with E-state index in [9.17, 15) is 0 Å². The van der Waals surface area contributed by atoms with E-state index in [1.807, 2.05) is 24.3 Å². The van der Waals surface area contributed by atoms with Gasteiger partial charge in [0, 0.05) is 24.7 Å². The molecule has 2 atom stereocenters. The molecule has 1 aromatic rings. The second-order valence-corrected chi connectivity index (χ2v) is 6.30. The zero-order valence-electron chi connectivity index (χ0n) is 11.9. The zero-order chi connectivity index (χ0) is 13.7. The van der Waals surface area contributed by atoms with Crippen LogP contribution in [0.1, 0.15) is 26.7 Å². The molecule has 1 aliphatic heterocycles. The third-order valence-corrected chi connectivity index (χ3v) is 3.90. The standard InChI is InChI=1S/C16H24ClNO/c1-13-10-14(2)12-18(11-13)8-3-9-19-16-6-4-15(17)5-7-16/h4-7,13-14H,3,8-12H2,1-2H3/t13-,14+. The largest absolute Gasteiger partial charge is 0.494 e. The first-order valence-corrected chi connectivity index (χ1v) is 7.62. The topological polar surface area (TPSA) is 12.5 Å². The predicted octanol–water partition coefficient (Wildman–Crippen LogP) is 4.09. The highest BCUT2D eigenvalue weighted by Gasteiger charge is 2.20. The molecule has 0 amide bonds. The molecular weight excluding hydrogens is 258 g/mol. The van der Waals surface area contributed by atoms with E-state index in [1.165, 1.54) is 19.5 Å². The van der Waals surface area contributed by atoms with Crippen LogP contribution in [0, 0.1) is 11.8 Å². The van der Waals surface area contributed by atoms with Crippen molar-refractivity contribution in [1.29, 1.82) is 0 Å². The van der Waals surface area contributed by atoms with Crippen LogP contribution in [0.3, 0.4) is 0 Å². The first-order chi connectivity index (χ1) is 9.13. The molecule has 1 saturated heterocycles. The number of hydrogen-bond donors (Lipinski definition) is 0. The fourth-order valence-electron chi connectivity index (χ4n) is 2.98. The number of benzene rings is 1. The van der Waals surface area contributed by atoms with Gasteiger partial charge in [-0.25, -0.2) is 0 Å². The molecule has 1 aliphatic rings. The van der Waals surface area contributed by atoms with Crippen LogP contribution in [0.4, 0.5) is 0 Å². The normalized spacial score (nSPS) is 24.4. The molecule has 0 aliphatic carbocycles. The Balaban J connectivity index is 1.65. The average Bonchev–Trinajstić information content (AvgIpc) is 2.36. The summed E-state index contributed by atoms with van der Waals surface area (Å²) in [6.07, 6.45) is 2.46. The molecule has 0 spiro atoms. The van der Waals surface area contributed by atoms with E-state index < -0.39 is 0 Å². The van der Waals surface area contributed by atoms with Crippen molar-refractivity contribution in [2.45, 2.75) is 26.7 Å². The van der Waals surface area contributed by atoms with Gasteiger partial charge in [0.25, 0.3) is 0 Å². The summed E-state index contributed by atoms with van der Waals surface area (Å²) < 4.78 is 5.72. The van der Waals surface area contributed by atoms with E-state index in [2.05, 4.69) is 18.7 Å². The molecule has 0 radical (unpaired) electrons. The summed E-state index contributed by atoms with van der Waals surface area (Å²) >= 11 is 5.84. The maximum absolute atomic E-state index is 5.84. The Morgan fingerprint density at radius 1 is 1.16 bits per heavy atom. The molecule has 1 fully saturated rings. The minimum absolute atomic E-state index is 0.753. The van der Waals surface area contributed by atoms with E-state index in [-0.39, 0.29) is 0 Å². The molecule has 0 unspecified atom stereocenters. The van der Waals surface area contributed by atoms with Crippen molar-refractivity contribution in [3.8, 4) is 5.75 Å². The third-order valence-electron chi connectivity index (χ3n) is 3.65. The van der Waals surface area contributed by atoms with E-state index >= 15 is 0 Å². The van der Waals surface area contributed by atoms with Gasteiger partial charge in [-0.15, -0.1) is 0 Å². The summed E-state index contributed by atoms with van der Waals surface area (Å²) in [5.74, 6) is 2.58. The molecule has 0 saturated carbocycles. The smallest absolute Gasteiger partial charge is 0.119 e. The van der Waals surface area contributed by atoms with Gasteiger partial charge in [-0.2, -0.15) is 0 Å². The van der Waals surface area contributed by atoms with Gasteiger partial charge in [0.05, 0.1) is 6.61 Å². The molecule has 2 rings (SSSR count). The van der Waals surface area contributed by atoms with E-state index in [0.717, 1.165) is 42.2 Å². The molecule has 0 aromatic heterocycles. The Kier molecular flexibility index (Phi) is 5.53. The van der Waals surface area contributed by atoms with Crippen LogP contribution in [0.15, 0.2) is 24.3 Å². The molecule has 1 heterocycles. The maximum Gasteiger partial charge on any atom is 0.119 e. The lowest BCUT2D eigenvalue weighted by atomic mass is 9.92. The number of ether oxygens (including phenoxy) is 1. The monoisotopic (exact) mass is 281 g/mol. The van der Waals surface area contributed by atoms with E-state index in [0.29, 0.717) is 0 Å². The number of hydrogen-bond acceptors (Lipinski definition) is 2. The number of likely N-dealkylation sites (tertiary alicyclic amines) is 1. The van der Waals surface area contributed by atoms with Gasteiger partial charge in [-0.3, -0.25) is 0 Å². The van der Waals surface area contributed by atoms with Crippen molar-refractivity contribution in [2.75, 3.05) is 26.2 Å². The summed E-state index contributed by atoms with van der Waals surface area (Å²) in [6, 6.07) is 7.58. The van der Waals surface area contributed by atoms with Crippen LogP contribution < -0.4 is 4.74 Å². The van der Waals surface area contributed by atoms with Crippen molar-refractivity contribution < 1.29 is 4.74 Å². The maximum atomic E-state index is 5.84. The molecule has 2 nitrogen and oxygen atoms in total. The van der Waals surface area contributed by atoms with Gasteiger partial charge in [0.15, 0.2) is 0 Å². The summed E-state index contributed by atoms with van der Waals surface area (Å²) in [5, 5.41) is 0.753. The first kappa shape index (κ1) is 14.7. The summed E-state index contributed by atoms with van der Waals surface area (Å²) in [6.45, 7) is 9.11. The van der Waals surface area contributed by atoms with Crippen molar-refractivity contribution in [3.05, 3.63) is 29.3 Å². The van der Waals surface area contributed by atoms with Crippen molar-refractivity contribution in [1.82, 2.24) is 4.90 Å². The van der Waals surface area contributed by atoms with Crippen molar-refractivity contribution in [3.63, 3.8) is 0 Å². The number of piperidine rings is 1. The first-order valence-electron chi connectivity index (χ1n) is 7.24. The Bertz CT molecular complexity index is 369. The SMILES string of the molecule is C[C@@H]1C[C@H](C)CN(CCCOc2ccc(Cl)cc2)C1. The van der Waals surface area contributed by atoms with E-state index in [4.69, 9.17) is 16.3 Å². The molecule has 0 N–H and O–H groups in total. The Labute approximate surface area is 121 Å². The van der Waals surface area contributed by atoms with Crippen LogP contribution in [-0.2, 0) is 0 Å². The third kappa shape index (κ3) is 5.04. The van der Waals surface area contributed by atoms with Crippen LogP contribution in [-0.4, -0.2) is 31.1 Å². The zero-order valence-corrected chi connectivity index (χ0v) is 12.7. The van der Waals surface area contributed by atoms with E-state index in [1.54, 1.807) is 0 Å². The highest BCUT2D eigenvalue weighted by Crippen LogP contribution is 2.21. The van der Waals surface area contributed by atoms with Crippen molar-refractivity contribution in [2.24, 2.45) is 11.8 Å².